The molecular weight excluding hydrogens is 378 g/mol. The van der Waals surface area contributed by atoms with Gasteiger partial charge in [-0.15, -0.1) is 6.58 Å². The van der Waals surface area contributed by atoms with Crippen molar-refractivity contribution < 1.29 is 23.8 Å². The molecule has 6 nitrogen and oxygen atoms in total. The van der Waals surface area contributed by atoms with Crippen LogP contribution < -0.4 is 14.8 Å². The number of carbonyl (C=O) groups is 2. The van der Waals surface area contributed by atoms with Gasteiger partial charge in [0.15, 0.2) is 17.6 Å². The summed E-state index contributed by atoms with van der Waals surface area (Å²) in [6.07, 6.45) is 1.47. The van der Waals surface area contributed by atoms with Crippen molar-refractivity contribution in [1.82, 2.24) is 5.32 Å². The minimum absolute atomic E-state index is 0.256. The molecule has 0 fully saturated rings. The highest BCUT2D eigenvalue weighted by atomic mass is 79.9. The topological polar surface area (TPSA) is 73.9 Å². The lowest BCUT2D eigenvalue weighted by molar-refractivity contribution is -0.128. The lowest BCUT2D eigenvalue weighted by atomic mass is 10.2. The molecule has 132 valence electrons. The Kier molecular flexibility index (Phi) is 8.32. The number of nitrogens with one attached hydrogen (secondary N) is 1. The first kappa shape index (κ1) is 20.0. The van der Waals surface area contributed by atoms with Crippen LogP contribution in [0.5, 0.6) is 11.5 Å². The predicted octanol–water partition coefficient (Wildman–Crippen LogP) is 3.09. The maximum atomic E-state index is 12.2. The van der Waals surface area contributed by atoms with Crippen molar-refractivity contribution in [3.63, 3.8) is 0 Å². The van der Waals surface area contributed by atoms with E-state index in [1.165, 1.54) is 20.1 Å². The first-order valence-electron chi connectivity index (χ1n) is 7.54. The van der Waals surface area contributed by atoms with Crippen LogP contribution in [-0.2, 0) is 9.53 Å². The van der Waals surface area contributed by atoms with E-state index in [0.717, 1.165) is 6.42 Å². The highest BCUT2D eigenvalue weighted by molar-refractivity contribution is 9.10. The van der Waals surface area contributed by atoms with Crippen molar-refractivity contribution >= 4 is 27.8 Å². The Hall–Kier alpha value is -2.02. The van der Waals surface area contributed by atoms with E-state index in [9.17, 15) is 9.59 Å². The summed E-state index contributed by atoms with van der Waals surface area (Å²) in [6, 6.07) is 3.09. The molecule has 0 saturated heterocycles. The van der Waals surface area contributed by atoms with Crippen molar-refractivity contribution in [2.24, 2.45) is 0 Å². The van der Waals surface area contributed by atoms with Crippen LogP contribution in [0, 0.1) is 0 Å². The van der Waals surface area contributed by atoms with Crippen molar-refractivity contribution in [2.75, 3.05) is 20.3 Å². The minimum Gasteiger partial charge on any atom is -0.493 e. The van der Waals surface area contributed by atoms with E-state index < -0.39 is 18.0 Å². The molecule has 1 amide bonds. The maximum absolute atomic E-state index is 12.2. The number of halogens is 1. The third-order valence-corrected chi connectivity index (χ3v) is 3.58. The molecule has 0 radical (unpaired) electrons. The molecule has 0 aromatic heterocycles. The number of hydrogen-bond donors (Lipinski definition) is 1. The number of ether oxygens (including phenoxy) is 3. The number of carbonyl (C=O) groups excluding carboxylic acids is 2. The van der Waals surface area contributed by atoms with Gasteiger partial charge in [0.25, 0.3) is 5.91 Å². The standard InChI is InChI=1S/C17H22BrNO5/c1-5-7-19-16(20)11(3)24-17(21)12-9-13(18)15(23-8-6-2)14(10-12)22-4/h5,9-11H,1,6-8H2,2-4H3,(H,19,20)/t11-/m0/s1. The van der Waals surface area contributed by atoms with Crippen molar-refractivity contribution in [3.8, 4) is 11.5 Å². The van der Waals surface area contributed by atoms with Crippen molar-refractivity contribution in [3.05, 3.63) is 34.8 Å². The molecule has 0 saturated carbocycles. The quantitative estimate of drug-likeness (QED) is 0.510. The van der Waals surface area contributed by atoms with Gasteiger partial charge in [0.2, 0.25) is 0 Å². The van der Waals surface area contributed by atoms with Gasteiger partial charge in [-0.1, -0.05) is 13.0 Å². The minimum atomic E-state index is -0.918. The zero-order valence-electron chi connectivity index (χ0n) is 14.1. The summed E-state index contributed by atoms with van der Waals surface area (Å²) in [6.45, 7) is 7.83. The Morgan fingerprint density at radius 3 is 2.71 bits per heavy atom. The Labute approximate surface area is 150 Å². The highest BCUT2D eigenvalue weighted by Crippen LogP contribution is 2.37. The second-order valence-corrected chi connectivity index (χ2v) is 5.77. The van der Waals surface area contributed by atoms with Crippen LogP contribution in [-0.4, -0.2) is 38.2 Å². The molecule has 0 aliphatic rings. The Morgan fingerprint density at radius 1 is 1.42 bits per heavy atom. The molecule has 7 heteroatoms. The lowest BCUT2D eigenvalue weighted by Gasteiger charge is -2.15. The molecule has 0 aliphatic heterocycles. The van der Waals surface area contributed by atoms with Gasteiger partial charge >= 0.3 is 5.97 Å². The van der Waals surface area contributed by atoms with Gasteiger partial charge in [-0.3, -0.25) is 4.79 Å². The van der Waals surface area contributed by atoms with Gasteiger partial charge in [0.1, 0.15) is 0 Å². The largest absolute Gasteiger partial charge is 0.493 e. The molecule has 1 N–H and O–H groups in total. The van der Waals surface area contributed by atoms with Crippen LogP contribution in [0.25, 0.3) is 0 Å². The smallest absolute Gasteiger partial charge is 0.339 e. The van der Waals surface area contributed by atoms with E-state index >= 15 is 0 Å². The average molecular weight is 400 g/mol. The second kappa shape index (κ2) is 9.97. The number of amides is 1. The fraction of sp³-hybridized carbons (Fsp3) is 0.412. The van der Waals surface area contributed by atoms with Gasteiger partial charge in [-0.2, -0.15) is 0 Å². The molecule has 0 bridgehead atoms. The van der Waals surface area contributed by atoms with Gasteiger partial charge < -0.3 is 19.5 Å². The zero-order chi connectivity index (χ0) is 18.1. The molecule has 24 heavy (non-hydrogen) atoms. The molecular formula is C17H22BrNO5. The van der Waals surface area contributed by atoms with Crippen LogP contribution in [0.2, 0.25) is 0 Å². The van der Waals surface area contributed by atoms with Crippen LogP contribution in [0.1, 0.15) is 30.6 Å². The fourth-order valence-electron chi connectivity index (χ4n) is 1.78. The van der Waals surface area contributed by atoms with E-state index in [2.05, 4.69) is 27.8 Å². The third-order valence-electron chi connectivity index (χ3n) is 2.99. The normalized spacial score (nSPS) is 11.3. The van der Waals surface area contributed by atoms with Crippen molar-refractivity contribution in [1.29, 1.82) is 0 Å². The fourth-order valence-corrected chi connectivity index (χ4v) is 2.34. The van der Waals surface area contributed by atoms with E-state index in [0.29, 0.717) is 29.1 Å². The Morgan fingerprint density at radius 2 is 2.12 bits per heavy atom. The summed E-state index contributed by atoms with van der Waals surface area (Å²) in [5.41, 5.74) is 0.256. The Balaban J connectivity index is 2.89. The van der Waals surface area contributed by atoms with Gasteiger partial charge in [-0.25, -0.2) is 4.79 Å². The molecule has 1 atom stereocenters. The molecule has 1 aromatic rings. The van der Waals surface area contributed by atoms with E-state index in [1.54, 1.807) is 12.1 Å². The highest BCUT2D eigenvalue weighted by Gasteiger charge is 2.21. The van der Waals surface area contributed by atoms with Crippen LogP contribution in [0.4, 0.5) is 0 Å². The van der Waals surface area contributed by atoms with E-state index in [1.807, 2.05) is 6.92 Å². The van der Waals surface area contributed by atoms with Gasteiger partial charge in [0, 0.05) is 6.54 Å². The molecule has 1 rings (SSSR count). The average Bonchev–Trinajstić information content (AvgIpc) is 2.57. The molecule has 1 aromatic carbocycles. The molecule has 0 aliphatic carbocycles. The molecule has 0 unspecified atom stereocenters. The summed E-state index contributed by atoms with van der Waals surface area (Å²) < 4.78 is 16.6. The predicted molar refractivity (Wildman–Crippen MR) is 94.6 cm³/mol. The lowest BCUT2D eigenvalue weighted by Crippen LogP contribution is -2.35. The number of benzene rings is 1. The van der Waals surface area contributed by atoms with Gasteiger partial charge in [0.05, 0.1) is 23.8 Å². The first-order valence-corrected chi connectivity index (χ1v) is 8.33. The molecule has 0 heterocycles. The molecule has 0 spiro atoms. The summed E-state index contributed by atoms with van der Waals surface area (Å²) in [5, 5.41) is 2.57. The number of hydrogen-bond acceptors (Lipinski definition) is 5. The van der Waals surface area contributed by atoms with E-state index in [-0.39, 0.29) is 5.56 Å². The van der Waals surface area contributed by atoms with Gasteiger partial charge in [-0.05, 0) is 41.4 Å². The summed E-state index contributed by atoms with van der Waals surface area (Å²) in [7, 11) is 1.49. The third kappa shape index (κ3) is 5.56. The number of methoxy groups -OCH3 is 1. The second-order valence-electron chi connectivity index (χ2n) is 4.92. The Bertz CT molecular complexity index is 603. The monoisotopic (exact) mass is 399 g/mol. The summed E-state index contributed by atoms with van der Waals surface area (Å²) >= 11 is 3.36. The number of rotatable bonds is 9. The summed E-state index contributed by atoms with van der Waals surface area (Å²) in [4.78, 5) is 24.0. The van der Waals surface area contributed by atoms with Crippen LogP contribution in [0.15, 0.2) is 29.3 Å². The van der Waals surface area contributed by atoms with Crippen LogP contribution >= 0.6 is 15.9 Å². The SMILES string of the molecule is C=CCNC(=O)[C@H](C)OC(=O)c1cc(Br)c(OCCC)c(OC)c1. The van der Waals surface area contributed by atoms with Crippen molar-refractivity contribution in [2.45, 2.75) is 26.4 Å². The summed E-state index contributed by atoms with van der Waals surface area (Å²) in [5.74, 6) is -0.0873. The maximum Gasteiger partial charge on any atom is 0.339 e. The first-order chi connectivity index (χ1) is 11.4. The number of esters is 1. The van der Waals surface area contributed by atoms with Crippen LogP contribution in [0.3, 0.4) is 0 Å². The van der Waals surface area contributed by atoms with E-state index in [4.69, 9.17) is 14.2 Å². The zero-order valence-corrected chi connectivity index (χ0v) is 15.6.